The molecular weight excluding hydrogens is 193 g/mol. The number of rotatable bonds is 1. The second kappa shape index (κ2) is 4.00. The second-order valence-electron chi connectivity index (χ2n) is 3.82. The molecule has 1 heterocycles. The quantitative estimate of drug-likeness (QED) is 0.706. The van der Waals surface area contributed by atoms with E-state index in [0.717, 1.165) is 17.5 Å². The number of hydrogen-bond donors (Lipinski definition) is 0. The van der Waals surface area contributed by atoms with Gasteiger partial charge in [0.15, 0.2) is 0 Å². The van der Waals surface area contributed by atoms with Crippen LogP contribution in [0.15, 0.2) is 18.2 Å². The number of nitrogens with zero attached hydrogens (tertiary/aromatic N) is 1. The maximum Gasteiger partial charge on any atom is 0.123 e. The van der Waals surface area contributed by atoms with Gasteiger partial charge in [-0.3, -0.25) is 0 Å². The SMILES string of the molecule is Cc1cc(F)ccc1C1OCCC1C#N. The molecule has 1 saturated heterocycles. The van der Waals surface area contributed by atoms with Gasteiger partial charge in [-0.15, -0.1) is 0 Å². The highest BCUT2D eigenvalue weighted by Crippen LogP contribution is 2.35. The largest absolute Gasteiger partial charge is 0.372 e. The summed E-state index contributed by atoms with van der Waals surface area (Å²) in [6, 6.07) is 6.84. The number of halogens is 1. The highest BCUT2D eigenvalue weighted by Gasteiger charge is 2.30. The van der Waals surface area contributed by atoms with Crippen LogP contribution in [0.3, 0.4) is 0 Å². The van der Waals surface area contributed by atoms with E-state index in [4.69, 9.17) is 10.00 Å². The maximum atomic E-state index is 12.9. The zero-order valence-electron chi connectivity index (χ0n) is 8.53. The minimum atomic E-state index is -0.247. The summed E-state index contributed by atoms with van der Waals surface area (Å²) in [5.41, 5.74) is 1.78. The molecule has 0 saturated carbocycles. The fourth-order valence-corrected chi connectivity index (χ4v) is 1.99. The van der Waals surface area contributed by atoms with Crippen LogP contribution in [0, 0.1) is 30.0 Å². The van der Waals surface area contributed by atoms with Gasteiger partial charge in [0.05, 0.1) is 18.1 Å². The molecule has 0 N–H and O–H groups in total. The van der Waals surface area contributed by atoms with Gasteiger partial charge in [0.1, 0.15) is 5.82 Å². The van der Waals surface area contributed by atoms with Crippen molar-refractivity contribution in [2.24, 2.45) is 5.92 Å². The van der Waals surface area contributed by atoms with Crippen LogP contribution in [0.2, 0.25) is 0 Å². The lowest BCUT2D eigenvalue weighted by Gasteiger charge is -2.15. The third-order valence-corrected chi connectivity index (χ3v) is 2.80. The summed E-state index contributed by atoms with van der Waals surface area (Å²) in [5.74, 6) is -0.350. The fraction of sp³-hybridized carbons (Fsp3) is 0.417. The number of hydrogen-bond acceptors (Lipinski definition) is 2. The number of ether oxygens (including phenoxy) is 1. The summed E-state index contributed by atoms with van der Waals surface area (Å²) in [6.07, 6.45) is 0.577. The summed E-state index contributed by atoms with van der Waals surface area (Å²) in [6.45, 7) is 2.45. The first-order valence-corrected chi connectivity index (χ1v) is 4.99. The van der Waals surface area contributed by atoms with E-state index in [1.54, 1.807) is 6.07 Å². The van der Waals surface area contributed by atoms with Gasteiger partial charge < -0.3 is 4.74 Å². The van der Waals surface area contributed by atoms with Crippen molar-refractivity contribution in [3.8, 4) is 6.07 Å². The average Bonchev–Trinajstić information content (AvgIpc) is 2.65. The van der Waals surface area contributed by atoms with Crippen molar-refractivity contribution >= 4 is 0 Å². The van der Waals surface area contributed by atoms with Crippen LogP contribution in [-0.2, 0) is 4.74 Å². The average molecular weight is 205 g/mol. The van der Waals surface area contributed by atoms with E-state index in [1.165, 1.54) is 12.1 Å². The third kappa shape index (κ3) is 1.86. The Balaban J connectivity index is 2.33. The van der Waals surface area contributed by atoms with E-state index in [9.17, 15) is 4.39 Å². The molecule has 0 aromatic heterocycles. The minimum Gasteiger partial charge on any atom is -0.372 e. The molecule has 2 unspecified atom stereocenters. The van der Waals surface area contributed by atoms with E-state index >= 15 is 0 Å². The molecule has 1 aromatic rings. The van der Waals surface area contributed by atoms with Crippen molar-refractivity contribution in [2.45, 2.75) is 19.4 Å². The van der Waals surface area contributed by atoms with Gasteiger partial charge in [0, 0.05) is 6.61 Å². The normalized spacial score (nSPS) is 25.1. The first-order valence-electron chi connectivity index (χ1n) is 4.99. The number of nitriles is 1. The predicted octanol–water partition coefficient (Wildman–Crippen LogP) is 2.74. The molecular formula is C12H12FNO. The van der Waals surface area contributed by atoms with Crippen LogP contribution in [0.25, 0.3) is 0 Å². The number of aryl methyl sites for hydroxylation is 1. The Hall–Kier alpha value is -1.40. The lowest BCUT2D eigenvalue weighted by Crippen LogP contribution is -2.07. The van der Waals surface area contributed by atoms with Gasteiger partial charge in [-0.2, -0.15) is 5.26 Å². The zero-order valence-corrected chi connectivity index (χ0v) is 8.53. The molecule has 15 heavy (non-hydrogen) atoms. The molecule has 78 valence electrons. The van der Waals surface area contributed by atoms with Crippen molar-refractivity contribution in [1.29, 1.82) is 5.26 Å². The Morgan fingerprint density at radius 3 is 3.00 bits per heavy atom. The monoisotopic (exact) mass is 205 g/mol. The predicted molar refractivity (Wildman–Crippen MR) is 53.6 cm³/mol. The Bertz CT molecular complexity index is 411. The molecule has 0 radical (unpaired) electrons. The van der Waals surface area contributed by atoms with Crippen LogP contribution >= 0.6 is 0 Å². The van der Waals surface area contributed by atoms with Crippen LogP contribution in [-0.4, -0.2) is 6.61 Å². The Kier molecular flexibility index (Phi) is 2.70. The van der Waals surface area contributed by atoms with Gasteiger partial charge >= 0.3 is 0 Å². The molecule has 1 aliphatic heterocycles. The standard InChI is InChI=1S/C12H12FNO/c1-8-6-10(13)2-3-11(8)12-9(7-14)4-5-15-12/h2-3,6,9,12H,4-5H2,1H3. The summed E-state index contributed by atoms with van der Waals surface area (Å²) in [7, 11) is 0. The van der Waals surface area contributed by atoms with E-state index < -0.39 is 0 Å². The second-order valence-corrected chi connectivity index (χ2v) is 3.82. The first kappa shape index (κ1) is 10.1. The lowest BCUT2D eigenvalue weighted by molar-refractivity contribution is 0.100. The van der Waals surface area contributed by atoms with Crippen molar-refractivity contribution in [3.63, 3.8) is 0 Å². The molecule has 1 fully saturated rings. The maximum absolute atomic E-state index is 12.9. The molecule has 3 heteroatoms. The molecule has 2 nitrogen and oxygen atoms in total. The van der Waals surface area contributed by atoms with Gasteiger partial charge in [-0.1, -0.05) is 6.07 Å². The summed E-state index contributed by atoms with van der Waals surface area (Å²) in [5, 5.41) is 8.94. The fourth-order valence-electron chi connectivity index (χ4n) is 1.99. The third-order valence-electron chi connectivity index (χ3n) is 2.80. The zero-order chi connectivity index (χ0) is 10.8. The van der Waals surface area contributed by atoms with Gasteiger partial charge in [0.25, 0.3) is 0 Å². The van der Waals surface area contributed by atoms with Crippen LogP contribution in [0.5, 0.6) is 0 Å². The van der Waals surface area contributed by atoms with Gasteiger partial charge in [-0.05, 0) is 36.6 Å². The van der Waals surface area contributed by atoms with Gasteiger partial charge in [-0.25, -0.2) is 4.39 Å². The Morgan fingerprint density at radius 1 is 1.53 bits per heavy atom. The lowest BCUT2D eigenvalue weighted by atomic mass is 9.94. The van der Waals surface area contributed by atoms with E-state index in [0.29, 0.717) is 6.61 Å². The van der Waals surface area contributed by atoms with Crippen molar-refractivity contribution in [1.82, 2.24) is 0 Å². The molecule has 0 aliphatic carbocycles. The Labute approximate surface area is 88.3 Å². The summed E-state index contributed by atoms with van der Waals surface area (Å²) >= 11 is 0. The summed E-state index contributed by atoms with van der Waals surface area (Å²) in [4.78, 5) is 0. The molecule has 1 aliphatic rings. The van der Waals surface area contributed by atoms with E-state index in [-0.39, 0.29) is 17.8 Å². The topological polar surface area (TPSA) is 33.0 Å². The molecule has 0 spiro atoms. The molecule has 1 aromatic carbocycles. The van der Waals surface area contributed by atoms with E-state index in [2.05, 4.69) is 6.07 Å². The van der Waals surface area contributed by atoms with Crippen molar-refractivity contribution < 1.29 is 9.13 Å². The minimum absolute atomic E-state index is 0.103. The highest BCUT2D eigenvalue weighted by molar-refractivity contribution is 5.30. The van der Waals surface area contributed by atoms with Crippen LogP contribution in [0.1, 0.15) is 23.7 Å². The molecule has 0 bridgehead atoms. The van der Waals surface area contributed by atoms with Crippen molar-refractivity contribution in [3.05, 3.63) is 35.1 Å². The molecule has 2 rings (SSSR count). The number of benzene rings is 1. The van der Waals surface area contributed by atoms with Crippen molar-refractivity contribution in [2.75, 3.05) is 6.61 Å². The van der Waals surface area contributed by atoms with E-state index in [1.807, 2.05) is 6.92 Å². The van der Waals surface area contributed by atoms with Crippen LogP contribution in [0.4, 0.5) is 4.39 Å². The molecule has 2 atom stereocenters. The van der Waals surface area contributed by atoms with Gasteiger partial charge in [0.2, 0.25) is 0 Å². The first-order chi connectivity index (χ1) is 7.22. The van der Waals surface area contributed by atoms with Crippen LogP contribution < -0.4 is 0 Å². The summed E-state index contributed by atoms with van der Waals surface area (Å²) < 4.78 is 18.4. The smallest absolute Gasteiger partial charge is 0.123 e. The Morgan fingerprint density at radius 2 is 2.33 bits per heavy atom. The highest BCUT2D eigenvalue weighted by atomic mass is 19.1. The molecule has 0 amide bonds.